The van der Waals surface area contributed by atoms with E-state index in [1.807, 2.05) is 0 Å². The normalized spacial score (nSPS) is 38.5. The first kappa shape index (κ1) is 10.7. The molecule has 0 spiro atoms. The highest BCUT2D eigenvalue weighted by Gasteiger charge is 2.53. The SMILES string of the molecule is CCC12CC(C=C1C(C)C)C(C(=O)O)C2. The van der Waals surface area contributed by atoms with Gasteiger partial charge >= 0.3 is 5.97 Å². The van der Waals surface area contributed by atoms with Crippen LogP contribution < -0.4 is 0 Å². The van der Waals surface area contributed by atoms with Crippen molar-refractivity contribution in [2.24, 2.45) is 23.2 Å². The second-order valence-electron chi connectivity index (χ2n) is 5.43. The van der Waals surface area contributed by atoms with Gasteiger partial charge in [-0.1, -0.05) is 32.4 Å². The van der Waals surface area contributed by atoms with Crippen molar-refractivity contribution in [1.82, 2.24) is 0 Å². The van der Waals surface area contributed by atoms with Crippen molar-refractivity contribution >= 4 is 5.97 Å². The van der Waals surface area contributed by atoms with Gasteiger partial charge in [0.15, 0.2) is 0 Å². The van der Waals surface area contributed by atoms with Gasteiger partial charge in [0.2, 0.25) is 0 Å². The fourth-order valence-corrected chi connectivity index (χ4v) is 3.64. The van der Waals surface area contributed by atoms with Crippen LogP contribution in [0.25, 0.3) is 0 Å². The van der Waals surface area contributed by atoms with Gasteiger partial charge in [-0.2, -0.15) is 0 Å². The topological polar surface area (TPSA) is 37.3 Å². The van der Waals surface area contributed by atoms with Gasteiger partial charge in [0.1, 0.15) is 0 Å². The third kappa shape index (κ3) is 1.42. The number of hydrogen-bond acceptors (Lipinski definition) is 1. The Kier molecular flexibility index (Phi) is 2.40. The molecule has 1 saturated carbocycles. The van der Waals surface area contributed by atoms with Gasteiger partial charge in [0.25, 0.3) is 0 Å². The third-order valence-electron chi connectivity index (χ3n) is 4.38. The molecule has 3 atom stereocenters. The van der Waals surface area contributed by atoms with Crippen LogP contribution in [-0.2, 0) is 4.79 Å². The zero-order valence-corrected chi connectivity index (χ0v) is 9.79. The summed E-state index contributed by atoms with van der Waals surface area (Å²) >= 11 is 0. The summed E-state index contributed by atoms with van der Waals surface area (Å²) in [6.45, 7) is 6.64. The molecule has 0 aromatic heterocycles. The van der Waals surface area contributed by atoms with Gasteiger partial charge in [0, 0.05) is 0 Å². The molecule has 3 unspecified atom stereocenters. The zero-order valence-electron chi connectivity index (χ0n) is 9.79. The highest BCUT2D eigenvalue weighted by atomic mass is 16.4. The third-order valence-corrected chi connectivity index (χ3v) is 4.38. The molecular weight excluding hydrogens is 188 g/mol. The van der Waals surface area contributed by atoms with E-state index in [-0.39, 0.29) is 11.3 Å². The highest BCUT2D eigenvalue weighted by molar-refractivity contribution is 5.72. The van der Waals surface area contributed by atoms with Crippen molar-refractivity contribution < 1.29 is 9.90 Å². The maximum Gasteiger partial charge on any atom is 0.307 e. The van der Waals surface area contributed by atoms with Crippen LogP contribution in [0.15, 0.2) is 11.6 Å². The van der Waals surface area contributed by atoms with Gasteiger partial charge < -0.3 is 5.11 Å². The molecule has 1 fully saturated rings. The number of fused-ring (bicyclic) bond motifs is 2. The van der Waals surface area contributed by atoms with Crippen LogP contribution in [0, 0.1) is 23.2 Å². The molecule has 0 aliphatic heterocycles. The first-order chi connectivity index (χ1) is 7.00. The molecule has 0 heterocycles. The first-order valence-electron chi connectivity index (χ1n) is 5.95. The molecule has 15 heavy (non-hydrogen) atoms. The minimum Gasteiger partial charge on any atom is -0.481 e. The second kappa shape index (κ2) is 3.36. The maximum absolute atomic E-state index is 11.1. The number of rotatable bonds is 3. The summed E-state index contributed by atoms with van der Waals surface area (Å²) in [5, 5.41) is 9.14. The zero-order chi connectivity index (χ0) is 11.2. The van der Waals surface area contributed by atoms with Gasteiger partial charge in [-0.25, -0.2) is 0 Å². The van der Waals surface area contributed by atoms with Gasteiger partial charge in [-0.15, -0.1) is 0 Å². The van der Waals surface area contributed by atoms with Crippen LogP contribution in [0.4, 0.5) is 0 Å². The van der Waals surface area contributed by atoms with Gasteiger partial charge in [-0.3, -0.25) is 4.79 Å². The molecule has 2 heteroatoms. The molecule has 2 aliphatic carbocycles. The van der Waals surface area contributed by atoms with E-state index in [4.69, 9.17) is 5.11 Å². The summed E-state index contributed by atoms with van der Waals surface area (Å²) in [6, 6.07) is 0. The Morgan fingerprint density at radius 2 is 2.27 bits per heavy atom. The molecule has 0 radical (unpaired) electrons. The number of hydrogen-bond donors (Lipinski definition) is 1. The molecular formula is C13H20O2. The Labute approximate surface area is 91.4 Å². The Morgan fingerprint density at radius 1 is 1.60 bits per heavy atom. The van der Waals surface area contributed by atoms with Gasteiger partial charge in [0.05, 0.1) is 5.92 Å². The fraction of sp³-hybridized carbons (Fsp3) is 0.769. The van der Waals surface area contributed by atoms with Crippen LogP contribution in [0.1, 0.15) is 40.0 Å². The average molecular weight is 208 g/mol. The number of carbonyl (C=O) groups is 1. The second-order valence-corrected chi connectivity index (χ2v) is 5.43. The Bertz CT molecular complexity index is 316. The first-order valence-corrected chi connectivity index (χ1v) is 5.95. The van der Waals surface area contributed by atoms with Crippen molar-refractivity contribution in [3.8, 4) is 0 Å². The van der Waals surface area contributed by atoms with Crippen LogP contribution in [0.2, 0.25) is 0 Å². The lowest BCUT2D eigenvalue weighted by Crippen LogP contribution is -2.26. The Balaban J connectivity index is 2.31. The standard InChI is InChI=1S/C13H20O2/c1-4-13-6-9(5-11(13)8(2)3)10(7-13)12(14)15/h5,8-10H,4,6-7H2,1-3H3,(H,14,15). The van der Waals surface area contributed by atoms with E-state index in [0.29, 0.717) is 11.8 Å². The minimum absolute atomic E-state index is 0.118. The number of allylic oxidation sites excluding steroid dienone is 2. The lowest BCUT2D eigenvalue weighted by molar-refractivity contribution is -0.142. The van der Waals surface area contributed by atoms with Crippen molar-refractivity contribution in [1.29, 1.82) is 0 Å². The minimum atomic E-state index is -0.602. The Morgan fingerprint density at radius 3 is 2.73 bits per heavy atom. The lowest BCUT2D eigenvalue weighted by Gasteiger charge is -2.32. The molecule has 84 valence electrons. The fourth-order valence-electron chi connectivity index (χ4n) is 3.64. The molecule has 2 aliphatic rings. The van der Waals surface area contributed by atoms with Crippen LogP contribution in [0.5, 0.6) is 0 Å². The summed E-state index contributed by atoms with van der Waals surface area (Å²) in [7, 11) is 0. The van der Waals surface area contributed by atoms with Gasteiger partial charge in [-0.05, 0) is 36.5 Å². The van der Waals surface area contributed by atoms with E-state index in [9.17, 15) is 4.79 Å². The predicted octanol–water partition coefficient (Wildman–Crippen LogP) is 3.09. The average Bonchev–Trinajstić information content (AvgIpc) is 2.72. The Hall–Kier alpha value is -0.790. The molecule has 2 nitrogen and oxygen atoms in total. The van der Waals surface area contributed by atoms with E-state index in [1.54, 1.807) is 0 Å². The van der Waals surface area contributed by atoms with E-state index in [1.165, 1.54) is 5.57 Å². The van der Waals surface area contributed by atoms with Crippen LogP contribution in [-0.4, -0.2) is 11.1 Å². The molecule has 2 rings (SSSR count). The van der Waals surface area contributed by atoms with Crippen molar-refractivity contribution in [3.63, 3.8) is 0 Å². The van der Waals surface area contributed by atoms with E-state index < -0.39 is 5.97 Å². The van der Waals surface area contributed by atoms with E-state index in [2.05, 4.69) is 26.8 Å². The molecule has 1 N–H and O–H groups in total. The van der Waals surface area contributed by atoms with E-state index >= 15 is 0 Å². The van der Waals surface area contributed by atoms with Crippen molar-refractivity contribution in [2.75, 3.05) is 0 Å². The number of carboxylic acid groups (broad SMARTS) is 1. The summed E-state index contributed by atoms with van der Waals surface area (Å²) in [4.78, 5) is 11.1. The van der Waals surface area contributed by atoms with Crippen molar-refractivity contribution in [2.45, 2.75) is 40.0 Å². The summed E-state index contributed by atoms with van der Waals surface area (Å²) in [5.41, 5.74) is 1.74. The molecule has 0 saturated heterocycles. The largest absolute Gasteiger partial charge is 0.481 e. The lowest BCUT2D eigenvalue weighted by atomic mass is 9.72. The molecule has 0 aromatic carbocycles. The summed E-state index contributed by atoms with van der Waals surface area (Å²) in [6.07, 6.45) is 5.30. The quantitative estimate of drug-likeness (QED) is 0.724. The maximum atomic E-state index is 11.1. The monoisotopic (exact) mass is 208 g/mol. The smallest absolute Gasteiger partial charge is 0.307 e. The van der Waals surface area contributed by atoms with Crippen LogP contribution >= 0.6 is 0 Å². The molecule has 2 bridgehead atoms. The van der Waals surface area contributed by atoms with E-state index in [0.717, 1.165) is 19.3 Å². The summed E-state index contributed by atoms with van der Waals surface area (Å²) in [5.74, 6) is 0.159. The van der Waals surface area contributed by atoms with Crippen molar-refractivity contribution in [3.05, 3.63) is 11.6 Å². The molecule has 0 aromatic rings. The summed E-state index contributed by atoms with van der Waals surface area (Å²) < 4.78 is 0. The number of aliphatic carboxylic acids is 1. The predicted molar refractivity (Wildman–Crippen MR) is 59.5 cm³/mol. The highest BCUT2D eigenvalue weighted by Crippen LogP contribution is 2.60. The van der Waals surface area contributed by atoms with Crippen LogP contribution in [0.3, 0.4) is 0 Å². The molecule has 0 amide bonds. The number of carboxylic acids is 1.